The molecule has 14 heavy (non-hydrogen) atoms. The minimum absolute atomic E-state index is 0. The SMILES string of the molecule is CC1(C)C[C@@H](N)C2C3CCC(C3)C21.Cl. The van der Waals surface area contributed by atoms with Crippen molar-refractivity contribution < 1.29 is 0 Å². The number of hydrogen-bond donors (Lipinski definition) is 1. The molecule has 3 aliphatic rings. The van der Waals surface area contributed by atoms with Gasteiger partial charge in [-0.3, -0.25) is 0 Å². The Morgan fingerprint density at radius 3 is 2.43 bits per heavy atom. The van der Waals surface area contributed by atoms with Crippen molar-refractivity contribution in [2.75, 3.05) is 0 Å². The van der Waals surface area contributed by atoms with Crippen molar-refractivity contribution in [3.8, 4) is 0 Å². The van der Waals surface area contributed by atoms with Gasteiger partial charge in [-0.1, -0.05) is 13.8 Å². The lowest BCUT2D eigenvalue weighted by Gasteiger charge is -2.34. The molecule has 0 aliphatic heterocycles. The zero-order chi connectivity index (χ0) is 9.22. The van der Waals surface area contributed by atoms with Crippen LogP contribution in [-0.4, -0.2) is 6.04 Å². The number of hydrogen-bond acceptors (Lipinski definition) is 1. The second-order valence-corrected chi connectivity index (χ2v) is 6.29. The van der Waals surface area contributed by atoms with E-state index >= 15 is 0 Å². The first-order valence-electron chi connectivity index (χ1n) is 5.85. The molecule has 3 saturated carbocycles. The van der Waals surface area contributed by atoms with Crippen LogP contribution in [-0.2, 0) is 0 Å². The van der Waals surface area contributed by atoms with Crippen LogP contribution in [0.15, 0.2) is 0 Å². The average molecular weight is 216 g/mol. The molecule has 2 N–H and O–H groups in total. The zero-order valence-electron chi connectivity index (χ0n) is 9.20. The van der Waals surface area contributed by atoms with E-state index in [1.54, 1.807) is 0 Å². The van der Waals surface area contributed by atoms with Gasteiger partial charge in [0.2, 0.25) is 0 Å². The van der Waals surface area contributed by atoms with Crippen LogP contribution < -0.4 is 5.73 Å². The van der Waals surface area contributed by atoms with E-state index in [-0.39, 0.29) is 12.4 Å². The normalized spacial score (nSPS) is 52.9. The molecule has 3 fully saturated rings. The fourth-order valence-corrected chi connectivity index (χ4v) is 4.99. The van der Waals surface area contributed by atoms with Gasteiger partial charge in [0.15, 0.2) is 0 Å². The Morgan fingerprint density at radius 2 is 1.79 bits per heavy atom. The van der Waals surface area contributed by atoms with Gasteiger partial charge < -0.3 is 5.73 Å². The summed E-state index contributed by atoms with van der Waals surface area (Å²) < 4.78 is 0. The van der Waals surface area contributed by atoms with E-state index in [9.17, 15) is 0 Å². The first-order chi connectivity index (χ1) is 6.09. The maximum atomic E-state index is 6.28. The van der Waals surface area contributed by atoms with Gasteiger partial charge in [0.25, 0.3) is 0 Å². The van der Waals surface area contributed by atoms with E-state index in [1.165, 1.54) is 25.7 Å². The summed E-state index contributed by atoms with van der Waals surface area (Å²) in [5.41, 5.74) is 6.83. The molecule has 0 radical (unpaired) electrons. The molecular formula is C12H22ClN. The largest absolute Gasteiger partial charge is 0.327 e. The van der Waals surface area contributed by atoms with E-state index in [1.807, 2.05) is 0 Å². The Balaban J connectivity index is 0.000000750. The highest BCUT2D eigenvalue weighted by Gasteiger charge is 2.59. The van der Waals surface area contributed by atoms with Crippen molar-refractivity contribution in [2.24, 2.45) is 34.8 Å². The Bertz CT molecular complexity index is 238. The second-order valence-electron chi connectivity index (χ2n) is 6.29. The third-order valence-electron chi connectivity index (χ3n) is 5.14. The molecule has 2 bridgehead atoms. The van der Waals surface area contributed by atoms with Crippen molar-refractivity contribution in [2.45, 2.75) is 45.6 Å². The van der Waals surface area contributed by atoms with Crippen LogP contribution >= 0.6 is 12.4 Å². The number of nitrogens with two attached hydrogens (primary N) is 1. The molecule has 0 aromatic rings. The monoisotopic (exact) mass is 215 g/mol. The molecule has 0 aromatic carbocycles. The topological polar surface area (TPSA) is 26.0 Å². The average Bonchev–Trinajstić information content (AvgIpc) is 2.63. The highest BCUT2D eigenvalue weighted by atomic mass is 35.5. The van der Waals surface area contributed by atoms with Crippen LogP contribution in [0, 0.1) is 29.1 Å². The van der Waals surface area contributed by atoms with Crippen LogP contribution in [0.1, 0.15) is 39.5 Å². The summed E-state index contributed by atoms with van der Waals surface area (Å²) in [5.74, 6) is 3.92. The van der Waals surface area contributed by atoms with Crippen molar-refractivity contribution in [3.63, 3.8) is 0 Å². The Labute approximate surface area is 93.2 Å². The van der Waals surface area contributed by atoms with Gasteiger partial charge in [0.05, 0.1) is 0 Å². The van der Waals surface area contributed by atoms with Gasteiger partial charge in [-0.25, -0.2) is 0 Å². The van der Waals surface area contributed by atoms with Gasteiger partial charge in [-0.05, 0) is 54.8 Å². The van der Waals surface area contributed by atoms with Gasteiger partial charge in [-0.2, -0.15) is 0 Å². The van der Waals surface area contributed by atoms with Crippen LogP contribution in [0.2, 0.25) is 0 Å². The van der Waals surface area contributed by atoms with Gasteiger partial charge in [0, 0.05) is 6.04 Å². The highest BCUT2D eigenvalue weighted by molar-refractivity contribution is 5.85. The van der Waals surface area contributed by atoms with E-state index in [4.69, 9.17) is 5.73 Å². The zero-order valence-corrected chi connectivity index (χ0v) is 10.0. The van der Waals surface area contributed by atoms with E-state index < -0.39 is 0 Å². The highest BCUT2D eigenvalue weighted by Crippen LogP contribution is 2.64. The van der Waals surface area contributed by atoms with Crippen molar-refractivity contribution in [1.29, 1.82) is 0 Å². The van der Waals surface area contributed by atoms with Crippen LogP contribution in [0.3, 0.4) is 0 Å². The van der Waals surface area contributed by atoms with Gasteiger partial charge >= 0.3 is 0 Å². The molecule has 0 spiro atoms. The fourth-order valence-electron chi connectivity index (χ4n) is 4.99. The molecular weight excluding hydrogens is 194 g/mol. The molecule has 0 amide bonds. The predicted octanol–water partition coefficient (Wildman–Crippen LogP) is 2.83. The summed E-state index contributed by atoms with van der Waals surface area (Å²) in [7, 11) is 0. The molecule has 1 nitrogen and oxygen atoms in total. The maximum absolute atomic E-state index is 6.28. The van der Waals surface area contributed by atoms with E-state index in [2.05, 4.69) is 13.8 Å². The lowest BCUT2D eigenvalue weighted by atomic mass is 9.71. The van der Waals surface area contributed by atoms with Crippen LogP contribution in [0.25, 0.3) is 0 Å². The summed E-state index contributed by atoms with van der Waals surface area (Å²) >= 11 is 0. The maximum Gasteiger partial charge on any atom is 0.00779 e. The summed E-state index contributed by atoms with van der Waals surface area (Å²) in [4.78, 5) is 0. The molecule has 4 unspecified atom stereocenters. The molecule has 0 aromatic heterocycles. The van der Waals surface area contributed by atoms with Crippen molar-refractivity contribution >= 4 is 12.4 Å². The van der Waals surface area contributed by atoms with Crippen molar-refractivity contribution in [3.05, 3.63) is 0 Å². The first-order valence-corrected chi connectivity index (χ1v) is 5.85. The summed E-state index contributed by atoms with van der Waals surface area (Å²) in [6, 6.07) is 0.523. The standard InChI is InChI=1S/C12H21N.ClH/c1-12(2)6-9(13)10-7-3-4-8(5-7)11(10)12;/h7-11H,3-6,13H2,1-2H3;1H/t7?,8?,9-,10?,11?;/m1./s1. The second kappa shape index (κ2) is 3.12. The Hall–Kier alpha value is 0.250. The van der Waals surface area contributed by atoms with Gasteiger partial charge in [-0.15, -0.1) is 12.4 Å². The molecule has 3 aliphatic carbocycles. The minimum Gasteiger partial charge on any atom is -0.327 e. The van der Waals surface area contributed by atoms with Crippen molar-refractivity contribution in [1.82, 2.24) is 0 Å². The molecule has 2 heteroatoms. The molecule has 0 saturated heterocycles. The van der Waals surface area contributed by atoms with E-state index in [0.717, 1.165) is 23.7 Å². The van der Waals surface area contributed by atoms with Crippen LogP contribution in [0.4, 0.5) is 0 Å². The lowest BCUT2D eigenvalue weighted by molar-refractivity contribution is 0.147. The Morgan fingerprint density at radius 1 is 1.14 bits per heavy atom. The number of fused-ring (bicyclic) bond motifs is 5. The summed E-state index contributed by atoms with van der Waals surface area (Å²) in [6.07, 6.45) is 5.76. The van der Waals surface area contributed by atoms with E-state index in [0.29, 0.717) is 11.5 Å². The number of halogens is 1. The van der Waals surface area contributed by atoms with Crippen LogP contribution in [0.5, 0.6) is 0 Å². The predicted molar refractivity (Wildman–Crippen MR) is 61.4 cm³/mol. The number of rotatable bonds is 0. The summed E-state index contributed by atoms with van der Waals surface area (Å²) in [6.45, 7) is 4.89. The third kappa shape index (κ3) is 1.18. The molecule has 5 atom stereocenters. The molecule has 3 rings (SSSR count). The Kier molecular flexibility index (Phi) is 2.40. The molecule has 0 heterocycles. The van der Waals surface area contributed by atoms with Gasteiger partial charge in [0.1, 0.15) is 0 Å². The summed E-state index contributed by atoms with van der Waals surface area (Å²) in [5, 5.41) is 0. The quantitative estimate of drug-likeness (QED) is 0.661. The lowest BCUT2D eigenvalue weighted by Crippen LogP contribution is -2.32. The molecule has 82 valence electrons. The smallest absolute Gasteiger partial charge is 0.00779 e. The minimum atomic E-state index is 0. The fraction of sp³-hybridized carbons (Fsp3) is 1.00. The third-order valence-corrected chi connectivity index (χ3v) is 5.14. The first kappa shape index (κ1) is 10.8.